The Labute approximate surface area is 220 Å². The molecular weight excluding hydrogens is 466 g/mol. The Hall–Kier alpha value is -3.61. The molecule has 1 aliphatic heterocycles. The van der Waals surface area contributed by atoms with E-state index in [0.717, 1.165) is 24.0 Å². The van der Waals surface area contributed by atoms with Crippen molar-refractivity contribution >= 4 is 24.2 Å². The first kappa shape index (κ1) is 28.0. The van der Waals surface area contributed by atoms with Crippen LogP contribution < -0.4 is 0 Å². The average Bonchev–Trinajstić information content (AvgIpc) is 3.05. The van der Waals surface area contributed by atoms with Crippen LogP contribution in [0.5, 0.6) is 0 Å². The molecule has 0 saturated carbocycles. The molecule has 37 heavy (non-hydrogen) atoms. The van der Waals surface area contributed by atoms with E-state index in [0.29, 0.717) is 12.2 Å². The van der Waals surface area contributed by atoms with Crippen molar-refractivity contribution in [1.82, 2.24) is 9.80 Å². The first-order valence-corrected chi connectivity index (χ1v) is 12.8. The van der Waals surface area contributed by atoms with Crippen molar-refractivity contribution in [3.8, 4) is 0 Å². The summed E-state index contributed by atoms with van der Waals surface area (Å²) in [7, 11) is 0. The van der Waals surface area contributed by atoms with Gasteiger partial charge in [-0.15, -0.1) is 4.99 Å². The van der Waals surface area contributed by atoms with Crippen LogP contribution in [0.4, 0.5) is 9.59 Å². The van der Waals surface area contributed by atoms with Gasteiger partial charge in [-0.05, 0) is 65.2 Å². The minimum Gasteiger partial charge on any atom is -0.443 e. The number of hydrogen-bond donors (Lipinski definition) is 0. The van der Waals surface area contributed by atoms with Crippen LogP contribution in [0.3, 0.4) is 0 Å². The summed E-state index contributed by atoms with van der Waals surface area (Å²) in [4.78, 5) is 34.4. The summed E-state index contributed by atoms with van der Waals surface area (Å²) in [6.07, 6.45) is 2.24. The van der Waals surface area contributed by atoms with Crippen molar-refractivity contribution in [2.45, 2.75) is 85.1 Å². The fourth-order valence-electron chi connectivity index (χ4n) is 4.09. The number of rotatable bonds is 5. The molecule has 0 bridgehead atoms. The van der Waals surface area contributed by atoms with Crippen molar-refractivity contribution in [2.75, 3.05) is 0 Å². The summed E-state index contributed by atoms with van der Waals surface area (Å²) >= 11 is 0. The van der Waals surface area contributed by atoms with Crippen molar-refractivity contribution < 1.29 is 19.1 Å². The molecule has 3 rings (SSSR count). The van der Waals surface area contributed by atoms with Crippen LogP contribution in [0.2, 0.25) is 0 Å². The van der Waals surface area contributed by atoms with Crippen LogP contribution in [0.15, 0.2) is 71.4 Å². The number of ether oxygens (including phenoxy) is 2. The minimum atomic E-state index is -0.759. The smallest absolute Gasteiger partial charge is 0.437 e. The molecule has 7 nitrogen and oxygen atoms in total. The first-order valence-electron chi connectivity index (χ1n) is 12.8. The highest BCUT2D eigenvalue weighted by Crippen LogP contribution is 2.34. The van der Waals surface area contributed by atoms with Gasteiger partial charge in [-0.3, -0.25) is 0 Å². The summed E-state index contributed by atoms with van der Waals surface area (Å²) in [5.74, 6) is 0.202. The number of benzene rings is 2. The second-order valence-electron chi connectivity index (χ2n) is 11.1. The number of hydrogen-bond acceptors (Lipinski definition) is 4. The SMILES string of the molecule is CCCC1/C(=C\c2ccccc2)N(C(=O)OC(C)(C)C)/C(=N/C(=O)OC(C)(C)C)N1Cc1ccccc1. The monoisotopic (exact) mass is 505 g/mol. The Kier molecular flexibility index (Phi) is 8.79. The van der Waals surface area contributed by atoms with Gasteiger partial charge in [0.1, 0.15) is 11.2 Å². The number of guanidine groups is 1. The lowest BCUT2D eigenvalue weighted by Gasteiger charge is -2.26. The van der Waals surface area contributed by atoms with Gasteiger partial charge in [0, 0.05) is 6.54 Å². The minimum absolute atomic E-state index is 0.202. The molecule has 0 N–H and O–H groups in total. The van der Waals surface area contributed by atoms with E-state index in [-0.39, 0.29) is 12.0 Å². The molecule has 0 aromatic heterocycles. The van der Waals surface area contributed by atoms with E-state index in [4.69, 9.17) is 9.47 Å². The van der Waals surface area contributed by atoms with Gasteiger partial charge in [0.25, 0.3) is 0 Å². The lowest BCUT2D eigenvalue weighted by atomic mass is 10.0. The van der Waals surface area contributed by atoms with Crippen LogP contribution in [-0.2, 0) is 16.0 Å². The summed E-state index contributed by atoms with van der Waals surface area (Å²) in [6, 6.07) is 19.5. The zero-order chi connectivity index (χ0) is 27.2. The van der Waals surface area contributed by atoms with E-state index in [1.54, 1.807) is 20.8 Å². The molecule has 1 fully saturated rings. The van der Waals surface area contributed by atoms with Crippen LogP contribution >= 0.6 is 0 Å². The molecule has 2 aromatic rings. The fraction of sp³-hybridized carbons (Fsp3) is 0.433. The van der Waals surface area contributed by atoms with Gasteiger partial charge in [-0.25, -0.2) is 14.5 Å². The zero-order valence-corrected chi connectivity index (χ0v) is 23.0. The molecule has 1 saturated heterocycles. The highest BCUT2D eigenvalue weighted by molar-refractivity contribution is 6.04. The number of amides is 2. The number of carbonyl (C=O) groups excluding carboxylic acids is 2. The van der Waals surface area contributed by atoms with Crippen LogP contribution in [0, 0.1) is 0 Å². The second-order valence-corrected chi connectivity index (χ2v) is 11.1. The number of carbonyl (C=O) groups is 2. The molecule has 0 spiro atoms. The number of nitrogens with zero attached hydrogens (tertiary/aromatic N) is 3. The third-order valence-electron chi connectivity index (χ3n) is 5.47. The van der Waals surface area contributed by atoms with E-state index >= 15 is 0 Å². The maximum Gasteiger partial charge on any atom is 0.437 e. The predicted molar refractivity (Wildman–Crippen MR) is 147 cm³/mol. The zero-order valence-electron chi connectivity index (χ0n) is 23.0. The standard InChI is InChI=1S/C30H39N3O4/c1-8-15-24-25(20-22-16-11-9-12-17-22)33(28(35)37-30(5,6)7)26(31-27(34)36-29(2,3)4)32(24)21-23-18-13-10-14-19-23/h9-14,16-20,24H,8,15,21H2,1-7H3/b25-20+,31-26+. The van der Waals surface area contributed by atoms with E-state index in [1.807, 2.05) is 92.4 Å². The van der Waals surface area contributed by atoms with E-state index < -0.39 is 23.4 Å². The molecule has 198 valence electrons. The van der Waals surface area contributed by atoms with Gasteiger partial charge in [0.2, 0.25) is 5.96 Å². The topological polar surface area (TPSA) is 71.4 Å². The molecule has 2 amide bonds. The van der Waals surface area contributed by atoms with Gasteiger partial charge in [0.05, 0.1) is 11.7 Å². The molecular formula is C30H39N3O4. The van der Waals surface area contributed by atoms with Crippen molar-refractivity contribution in [1.29, 1.82) is 0 Å². The van der Waals surface area contributed by atoms with Crippen LogP contribution in [0.1, 0.15) is 72.4 Å². The maximum absolute atomic E-state index is 13.7. The van der Waals surface area contributed by atoms with Crippen LogP contribution in [-0.4, -0.2) is 45.2 Å². The van der Waals surface area contributed by atoms with Gasteiger partial charge in [0.15, 0.2) is 0 Å². The molecule has 0 aliphatic carbocycles. The molecule has 7 heteroatoms. The predicted octanol–water partition coefficient (Wildman–Crippen LogP) is 7.24. The quantitative estimate of drug-likeness (QED) is 0.428. The largest absolute Gasteiger partial charge is 0.443 e. The summed E-state index contributed by atoms with van der Waals surface area (Å²) in [5, 5.41) is 0. The summed E-state index contributed by atoms with van der Waals surface area (Å²) < 4.78 is 11.3. The molecule has 0 radical (unpaired) electrons. The maximum atomic E-state index is 13.7. The summed E-state index contributed by atoms with van der Waals surface area (Å²) in [5.41, 5.74) is 1.21. The molecule has 1 unspecified atom stereocenters. The average molecular weight is 506 g/mol. The number of aliphatic imine (C=N–C) groups is 1. The van der Waals surface area contributed by atoms with Gasteiger partial charge < -0.3 is 14.4 Å². The first-order chi connectivity index (χ1) is 17.4. The van der Waals surface area contributed by atoms with Gasteiger partial charge in [-0.1, -0.05) is 74.0 Å². The van der Waals surface area contributed by atoms with E-state index in [9.17, 15) is 9.59 Å². The lowest BCUT2D eigenvalue weighted by molar-refractivity contribution is 0.0414. The summed E-state index contributed by atoms with van der Waals surface area (Å²) in [6.45, 7) is 13.4. The third-order valence-corrected chi connectivity index (χ3v) is 5.47. The Morgan fingerprint density at radius 3 is 2.00 bits per heavy atom. The van der Waals surface area contributed by atoms with Crippen molar-refractivity contribution in [2.24, 2.45) is 4.99 Å². The highest BCUT2D eigenvalue weighted by atomic mass is 16.6. The van der Waals surface area contributed by atoms with Crippen molar-refractivity contribution in [3.63, 3.8) is 0 Å². The molecule has 1 atom stereocenters. The molecule has 2 aromatic carbocycles. The highest BCUT2D eigenvalue weighted by Gasteiger charge is 2.45. The second kappa shape index (κ2) is 11.6. The van der Waals surface area contributed by atoms with E-state index in [1.165, 1.54) is 4.90 Å². The van der Waals surface area contributed by atoms with Crippen LogP contribution in [0.25, 0.3) is 6.08 Å². The normalized spacial score (nSPS) is 18.4. The molecule has 1 heterocycles. The Morgan fingerprint density at radius 2 is 1.46 bits per heavy atom. The van der Waals surface area contributed by atoms with Gasteiger partial charge >= 0.3 is 12.2 Å². The van der Waals surface area contributed by atoms with Crippen molar-refractivity contribution in [3.05, 3.63) is 77.5 Å². The third kappa shape index (κ3) is 7.94. The van der Waals surface area contributed by atoms with Gasteiger partial charge in [-0.2, -0.15) is 0 Å². The Morgan fingerprint density at radius 1 is 0.892 bits per heavy atom. The fourth-order valence-corrected chi connectivity index (χ4v) is 4.09. The lowest BCUT2D eigenvalue weighted by Crippen LogP contribution is -2.41. The Balaban J connectivity index is 2.21. The Bertz CT molecular complexity index is 1130. The molecule has 1 aliphatic rings. The van der Waals surface area contributed by atoms with E-state index in [2.05, 4.69) is 11.9 Å².